The van der Waals surface area contributed by atoms with Crippen LogP contribution >= 0.6 is 0 Å². The third-order valence-corrected chi connectivity index (χ3v) is 3.87. The van der Waals surface area contributed by atoms with Gasteiger partial charge in [0.2, 0.25) is 0 Å². The zero-order chi connectivity index (χ0) is 9.15. The van der Waals surface area contributed by atoms with Crippen LogP contribution in [-0.4, -0.2) is 11.2 Å². The molecule has 0 aromatic carbocycles. The molecule has 0 heterocycles. The smallest absolute Gasteiger partial charge is 0.0540 e. The molecule has 0 aromatic heterocycles. The molecule has 0 aliphatic heterocycles. The summed E-state index contributed by atoms with van der Waals surface area (Å²) in [6.07, 6.45) is 14.5. The van der Waals surface area contributed by atoms with Gasteiger partial charge in [0, 0.05) is 0 Å². The van der Waals surface area contributed by atoms with Gasteiger partial charge in [-0.15, -0.1) is 0 Å². The van der Waals surface area contributed by atoms with Crippen LogP contribution in [0.25, 0.3) is 0 Å². The predicted octanol–water partition coefficient (Wildman–Crippen LogP) is 3.04. The third-order valence-electron chi connectivity index (χ3n) is 3.87. The summed E-state index contributed by atoms with van der Waals surface area (Å²) in [5.74, 6) is 0. The fourth-order valence-electron chi connectivity index (χ4n) is 2.85. The Bertz CT molecular complexity index is 175. The molecule has 1 saturated carbocycles. The topological polar surface area (TPSA) is 20.2 Å². The molecule has 1 nitrogen and oxygen atoms in total. The largest absolute Gasteiger partial charge is 0.393 e. The summed E-state index contributed by atoms with van der Waals surface area (Å²) < 4.78 is 0. The monoisotopic (exact) mass is 180 g/mol. The highest BCUT2D eigenvalue weighted by Crippen LogP contribution is 2.45. The van der Waals surface area contributed by atoms with Crippen LogP contribution in [0.3, 0.4) is 0 Å². The van der Waals surface area contributed by atoms with E-state index in [0.717, 1.165) is 12.8 Å². The van der Waals surface area contributed by atoms with Crippen molar-refractivity contribution in [2.75, 3.05) is 0 Å². The van der Waals surface area contributed by atoms with Gasteiger partial charge >= 0.3 is 0 Å². The number of rotatable bonds is 0. The summed E-state index contributed by atoms with van der Waals surface area (Å²) in [7, 11) is 0. The summed E-state index contributed by atoms with van der Waals surface area (Å²) in [5, 5.41) is 9.48. The number of aliphatic hydroxyl groups is 1. The Hall–Kier alpha value is -0.300. The maximum atomic E-state index is 9.48. The molecule has 1 fully saturated rings. The number of hydrogen-bond donors (Lipinski definition) is 1. The highest BCUT2D eigenvalue weighted by Gasteiger charge is 2.33. The predicted molar refractivity (Wildman–Crippen MR) is 54.5 cm³/mol. The summed E-state index contributed by atoms with van der Waals surface area (Å²) in [6.45, 7) is 0. The van der Waals surface area contributed by atoms with E-state index < -0.39 is 0 Å². The molecule has 2 aliphatic carbocycles. The summed E-state index contributed by atoms with van der Waals surface area (Å²) in [4.78, 5) is 0. The Labute approximate surface area is 80.8 Å². The molecule has 2 aliphatic rings. The minimum atomic E-state index is 0.00170. The van der Waals surface area contributed by atoms with Crippen LogP contribution < -0.4 is 0 Å². The molecular formula is C12H20O. The average Bonchev–Trinajstić information content (AvgIpc) is 2.37. The lowest BCUT2D eigenvalue weighted by Crippen LogP contribution is -2.29. The molecule has 13 heavy (non-hydrogen) atoms. The van der Waals surface area contributed by atoms with Gasteiger partial charge in [0.05, 0.1) is 6.10 Å². The summed E-state index contributed by atoms with van der Waals surface area (Å²) in [6, 6.07) is 0. The van der Waals surface area contributed by atoms with Gasteiger partial charge in [-0.2, -0.15) is 0 Å². The molecule has 1 heteroatoms. The number of aliphatic hydroxyl groups excluding tert-OH is 1. The van der Waals surface area contributed by atoms with Crippen molar-refractivity contribution >= 4 is 0 Å². The van der Waals surface area contributed by atoms with E-state index in [1.54, 1.807) is 0 Å². The zero-order valence-corrected chi connectivity index (χ0v) is 8.34. The first-order chi connectivity index (χ1) is 6.31. The van der Waals surface area contributed by atoms with Gasteiger partial charge in [0.1, 0.15) is 0 Å². The van der Waals surface area contributed by atoms with E-state index in [1.807, 2.05) is 0 Å². The van der Waals surface area contributed by atoms with E-state index in [4.69, 9.17) is 0 Å². The Balaban J connectivity index is 1.96. The van der Waals surface area contributed by atoms with Crippen molar-refractivity contribution in [2.24, 2.45) is 5.41 Å². The van der Waals surface area contributed by atoms with Gasteiger partial charge in [-0.05, 0) is 56.8 Å². The van der Waals surface area contributed by atoms with Crippen molar-refractivity contribution < 1.29 is 5.11 Å². The van der Waals surface area contributed by atoms with Crippen molar-refractivity contribution in [1.29, 1.82) is 0 Å². The summed E-state index contributed by atoms with van der Waals surface area (Å²) >= 11 is 0. The lowest BCUT2D eigenvalue weighted by Gasteiger charge is -2.38. The Morgan fingerprint density at radius 2 is 1.46 bits per heavy atom. The zero-order valence-electron chi connectivity index (χ0n) is 8.34. The van der Waals surface area contributed by atoms with Crippen molar-refractivity contribution in [3.05, 3.63) is 12.2 Å². The fourth-order valence-corrected chi connectivity index (χ4v) is 2.85. The molecule has 0 aromatic rings. The molecule has 0 saturated heterocycles. The van der Waals surface area contributed by atoms with Crippen LogP contribution in [0.2, 0.25) is 0 Å². The Kier molecular flexibility index (Phi) is 2.73. The van der Waals surface area contributed by atoms with Crippen LogP contribution in [0.4, 0.5) is 0 Å². The van der Waals surface area contributed by atoms with Gasteiger partial charge in [-0.1, -0.05) is 12.2 Å². The molecule has 1 spiro atoms. The van der Waals surface area contributed by atoms with Crippen molar-refractivity contribution in [3.63, 3.8) is 0 Å². The van der Waals surface area contributed by atoms with Gasteiger partial charge in [0.15, 0.2) is 0 Å². The maximum absolute atomic E-state index is 9.48. The standard InChI is InChI=1S/C12H20O/c13-11-5-9-12(10-6-11)7-3-1-2-4-8-12/h1-2,11,13H,3-10H2. The van der Waals surface area contributed by atoms with E-state index in [0.29, 0.717) is 5.41 Å². The van der Waals surface area contributed by atoms with Crippen LogP contribution in [0.5, 0.6) is 0 Å². The van der Waals surface area contributed by atoms with Crippen molar-refractivity contribution in [3.8, 4) is 0 Å². The van der Waals surface area contributed by atoms with E-state index in [2.05, 4.69) is 12.2 Å². The molecule has 0 radical (unpaired) electrons. The molecule has 0 unspecified atom stereocenters. The van der Waals surface area contributed by atoms with Crippen molar-refractivity contribution in [1.82, 2.24) is 0 Å². The fraction of sp³-hybridized carbons (Fsp3) is 0.833. The highest BCUT2D eigenvalue weighted by atomic mass is 16.3. The average molecular weight is 180 g/mol. The molecule has 0 amide bonds. The molecule has 2 rings (SSSR count). The lowest BCUT2D eigenvalue weighted by atomic mass is 9.68. The van der Waals surface area contributed by atoms with E-state index in [1.165, 1.54) is 38.5 Å². The van der Waals surface area contributed by atoms with Crippen LogP contribution in [0.1, 0.15) is 51.4 Å². The number of allylic oxidation sites excluding steroid dienone is 2. The summed E-state index contributed by atoms with van der Waals surface area (Å²) in [5.41, 5.74) is 0.600. The minimum absolute atomic E-state index is 0.00170. The van der Waals surface area contributed by atoms with Crippen molar-refractivity contribution in [2.45, 2.75) is 57.5 Å². The van der Waals surface area contributed by atoms with Crippen LogP contribution in [0, 0.1) is 5.41 Å². The van der Waals surface area contributed by atoms with Gasteiger partial charge in [-0.25, -0.2) is 0 Å². The van der Waals surface area contributed by atoms with Gasteiger partial charge in [0.25, 0.3) is 0 Å². The maximum Gasteiger partial charge on any atom is 0.0540 e. The van der Waals surface area contributed by atoms with Gasteiger partial charge < -0.3 is 5.11 Å². The van der Waals surface area contributed by atoms with E-state index in [9.17, 15) is 5.11 Å². The van der Waals surface area contributed by atoms with Crippen LogP contribution in [0.15, 0.2) is 12.2 Å². The quantitative estimate of drug-likeness (QED) is 0.568. The Morgan fingerprint density at radius 3 is 2.00 bits per heavy atom. The normalized spacial score (nSPS) is 29.0. The molecular weight excluding hydrogens is 160 g/mol. The second kappa shape index (κ2) is 3.83. The number of hydrogen-bond acceptors (Lipinski definition) is 1. The van der Waals surface area contributed by atoms with Gasteiger partial charge in [-0.3, -0.25) is 0 Å². The van der Waals surface area contributed by atoms with E-state index in [-0.39, 0.29) is 6.10 Å². The molecule has 0 bridgehead atoms. The SMILES string of the molecule is OC1CCC2(CCC=CCC2)CC1. The second-order valence-electron chi connectivity index (χ2n) is 4.78. The molecule has 0 atom stereocenters. The third kappa shape index (κ3) is 2.14. The molecule has 1 N–H and O–H groups in total. The Morgan fingerprint density at radius 1 is 0.923 bits per heavy atom. The minimum Gasteiger partial charge on any atom is -0.393 e. The first-order valence-corrected chi connectivity index (χ1v) is 5.64. The van der Waals surface area contributed by atoms with E-state index >= 15 is 0 Å². The molecule has 74 valence electrons. The first kappa shape index (κ1) is 9.26. The highest BCUT2D eigenvalue weighted by molar-refractivity contribution is 4.95. The second-order valence-corrected chi connectivity index (χ2v) is 4.78. The van der Waals surface area contributed by atoms with Crippen LogP contribution in [-0.2, 0) is 0 Å². The first-order valence-electron chi connectivity index (χ1n) is 5.64. The lowest BCUT2D eigenvalue weighted by molar-refractivity contribution is 0.0542.